The number of aromatic amines is 1. The van der Waals surface area contributed by atoms with Crippen LogP contribution in [0.5, 0.6) is 0 Å². The number of halogens is 1. The maximum Gasteiger partial charge on any atom is 0.137 e. The van der Waals surface area contributed by atoms with Crippen molar-refractivity contribution in [3.05, 3.63) is 40.7 Å². The highest BCUT2D eigenvalue weighted by Gasteiger charge is 2.04. The van der Waals surface area contributed by atoms with E-state index in [9.17, 15) is 0 Å². The second-order valence-corrected chi connectivity index (χ2v) is 3.74. The van der Waals surface area contributed by atoms with Crippen molar-refractivity contribution in [2.24, 2.45) is 0 Å². The molecule has 0 aliphatic heterocycles. The molecule has 0 atom stereocenters. The molecule has 1 aromatic carbocycles. The minimum absolute atomic E-state index is 0.744. The molecule has 1 N–H and O–H groups in total. The normalized spacial score (nSPS) is 10.5. The van der Waals surface area contributed by atoms with E-state index in [1.165, 1.54) is 0 Å². The number of hydrogen-bond acceptors (Lipinski definition) is 1. The van der Waals surface area contributed by atoms with Crippen LogP contribution in [0.25, 0.3) is 11.4 Å². The van der Waals surface area contributed by atoms with Crippen molar-refractivity contribution in [2.75, 3.05) is 0 Å². The van der Waals surface area contributed by atoms with Crippen molar-refractivity contribution < 1.29 is 0 Å². The molecular weight excluding hydrogens is 196 g/mol. The van der Waals surface area contributed by atoms with E-state index in [4.69, 9.17) is 11.6 Å². The van der Waals surface area contributed by atoms with Gasteiger partial charge in [-0.05, 0) is 38.1 Å². The number of hydrogen-bond donors (Lipinski definition) is 1. The first-order chi connectivity index (χ1) is 6.66. The Morgan fingerprint density at radius 3 is 2.29 bits per heavy atom. The summed E-state index contributed by atoms with van der Waals surface area (Å²) in [5, 5.41) is 0.744. The van der Waals surface area contributed by atoms with Crippen LogP contribution in [-0.2, 0) is 0 Å². The first-order valence-electron chi connectivity index (χ1n) is 4.46. The van der Waals surface area contributed by atoms with Gasteiger partial charge >= 0.3 is 0 Å². The lowest BCUT2D eigenvalue weighted by Gasteiger charge is -1.95. The topological polar surface area (TPSA) is 28.7 Å². The Kier molecular flexibility index (Phi) is 2.30. The summed E-state index contributed by atoms with van der Waals surface area (Å²) in [4.78, 5) is 7.64. The lowest BCUT2D eigenvalue weighted by Crippen LogP contribution is -1.79. The molecule has 0 unspecified atom stereocenters. The Hall–Kier alpha value is -1.28. The van der Waals surface area contributed by atoms with E-state index in [2.05, 4.69) is 9.97 Å². The molecule has 0 fully saturated rings. The highest BCUT2D eigenvalue weighted by molar-refractivity contribution is 6.30. The zero-order valence-electron chi connectivity index (χ0n) is 8.13. The number of nitrogens with zero attached hydrogens (tertiary/aromatic N) is 1. The molecule has 0 radical (unpaired) electrons. The van der Waals surface area contributed by atoms with Gasteiger partial charge in [0, 0.05) is 16.3 Å². The molecule has 1 heterocycles. The summed E-state index contributed by atoms with van der Waals surface area (Å²) < 4.78 is 0. The van der Waals surface area contributed by atoms with Gasteiger partial charge in [0.1, 0.15) is 5.82 Å². The third-order valence-corrected chi connectivity index (χ3v) is 2.50. The highest BCUT2D eigenvalue weighted by atomic mass is 35.5. The van der Waals surface area contributed by atoms with Crippen LogP contribution in [0.1, 0.15) is 11.4 Å². The fourth-order valence-corrected chi connectivity index (χ4v) is 1.42. The first kappa shape index (κ1) is 9.28. The number of imidazole rings is 1. The summed E-state index contributed by atoms with van der Waals surface area (Å²) in [6.45, 7) is 4.01. The van der Waals surface area contributed by atoms with Gasteiger partial charge in [-0.25, -0.2) is 4.98 Å². The molecule has 1 aromatic heterocycles. The molecule has 0 amide bonds. The average Bonchev–Trinajstić information content (AvgIpc) is 2.48. The molecule has 0 saturated heterocycles. The van der Waals surface area contributed by atoms with E-state index in [0.29, 0.717) is 0 Å². The maximum absolute atomic E-state index is 5.80. The fraction of sp³-hybridized carbons (Fsp3) is 0.182. The first-order valence-corrected chi connectivity index (χ1v) is 4.84. The molecule has 0 aliphatic rings. The molecule has 0 bridgehead atoms. The molecule has 14 heavy (non-hydrogen) atoms. The lowest BCUT2D eigenvalue weighted by molar-refractivity contribution is 1.22. The Morgan fingerprint density at radius 2 is 1.79 bits per heavy atom. The average molecular weight is 207 g/mol. The Bertz CT molecular complexity index is 423. The summed E-state index contributed by atoms with van der Waals surface area (Å²) in [5.74, 6) is 0.900. The van der Waals surface area contributed by atoms with Crippen molar-refractivity contribution in [3.63, 3.8) is 0 Å². The summed E-state index contributed by atoms with van der Waals surface area (Å²) in [6, 6.07) is 7.65. The third kappa shape index (κ3) is 1.66. The molecule has 0 saturated carbocycles. The molecule has 2 nitrogen and oxygen atoms in total. The zero-order valence-corrected chi connectivity index (χ0v) is 8.89. The summed E-state index contributed by atoms with van der Waals surface area (Å²) in [7, 11) is 0. The number of aryl methyl sites for hydroxylation is 2. The summed E-state index contributed by atoms with van der Waals surface area (Å²) >= 11 is 5.80. The van der Waals surface area contributed by atoms with Crippen molar-refractivity contribution in [1.82, 2.24) is 9.97 Å². The van der Waals surface area contributed by atoms with E-state index in [1.54, 1.807) is 0 Å². The maximum atomic E-state index is 5.80. The minimum atomic E-state index is 0.744. The second-order valence-electron chi connectivity index (χ2n) is 3.30. The molecule has 0 aliphatic carbocycles. The number of rotatable bonds is 1. The molecule has 0 spiro atoms. The molecule has 72 valence electrons. The smallest absolute Gasteiger partial charge is 0.137 e. The van der Waals surface area contributed by atoms with Crippen LogP contribution in [0.2, 0.25) is 5.02 Å². The Labute approximate surface area is 88.0 Å². The monoisotopic (exact) mass is 206 g/mol. The van der Waals surface area contributed by atoms with Gasteiger partial charge in [0.05, 0.1) is 5.69 Å². The number of aromatic nitrogens is 2. The number of H-pyrrole nitrogens is 1. The predicted octanol–water partition coefficient (Wildman–Crippen LogP) is 3.35. The number of benzene rings is 1. The minimum Gasteiger partial charge on any atom is -0.342 e. The standard InChI is InChI=1S/C11H11ClN2/c1-7-8(2)14-11(13-7)9-3-5-10(12)6-4-9/h3-6H,1-2H3,(H,13,14). The van der Waals surface area contributed by atoms with Crippen molar-refractivity contribution in [1.29, 1.82) is 0 Å². The predicted molar refractivity (Wildman–Crippen MR) is 58.5 cm³/mol. The second kappa shape index (κ2) is 3.46. The van der Waals surface area contributed by atoms with Gasteiger partial charge in [-0.1, -0.05) is 11.6 Å². The Morgan fingerprint density at radius 1 is 1.14 bits per heavy atom. The van der Waals surface area contributed by atoms with E-state index < -0.39 is 0 Å². The van der Waals surface area contributed by atoms with Crippen molar-refractivity contribution in [2.45, 2.75) is 13.8 Å². The fourth-order valence-electron chi connectivity index (χ4n) is 1.29. The SMILES string of the molecule is Cc1nc(-c2ccc(Cl)cc2)[nH]c1C. The van der Waals surface area contributed by atoms with Crippen LogP contribution in [0.4, 0.5) is 0 Å². The van der Waals surface area contributed by atoms with E-state index in [1.807, 2.05) is 38.1 Å². The quantitative estimate of drug-likeness (QED) is 0.762. The summed E-state index contributed by atoms with van der Waals surface area (Å²) in [5.41, 5.74) is 3.20. The van der Waals surface area contributed by atoms with Gasteiger partial charge in [0.15, 0.2) is 0 Å². The van der Waals surface area contributed by atoms with Crippen LogP contribution in [0, 0.1) is 13.8 Å². The van der Waals surface area contributed by atoms with Crippen molar-refractivity contribution in [3.8, 4) is 11.4 Å². The van der Waals surface area contributed by atoms with E-state index >= 15 is 0 Å². The van der Waals surface area contributed by atoms with Crippen LogP contribution in [0.3, 0.4) is 0 Å². The zero-order chi connectivity index (χ0) is 10.1. The van der Waals surface area contributed by atoms with Crippen LogP contribution < -0.4 is 0 Å². The molecule has 2 rings (SSSR count). The van der Waals surface area contributed by atoms with Gasteiger partial charge in [-0.3, -0.25) is 0 Å². The van der Waals surface area contributed by atoms with Crippen LogP contribution in [0.15, 0.2) is 24.3 Å². The van der Waals surface area contributed by atoms with E-state index in [0.717, 1.165) is 27.8 Å². The van der Waals surface area contributed by atoms with Gasteiger partial charge < -0.3 is 4.98 Å². The van der Waals surface area contributed by atoms with Gasteiger partial charge in [-0.2, -0.15) is 0 Å². The van der Waals surface area contributed by atoms with Gasteiger partial charge in [0.2, 0.25) is 0 Å². The van der Waals surface area contributed by atoms with Crippen LogP contribution >= 0.6 is 11.6 Å². The summed E-state index contributed by atoms with van der Waals surface area (Å²) in [6.07, 6.45) is 0. The highest BCUT2D eigenvalue weighted by Crippen LogP contribution is 2.19. The lowest BCUT2D eigenvalue weighted by atomic mass is 10.2. The third-order valence-electron chi connectivity index (χ3n) is 2.25. The van der Waals surface area contributed by atoms with E-state index in [-0.39, 0.29) is 0 Å². The van der Waals surface area contributed by atoms with Crippen LogP contribution in [-0.4, -0.2) is 9.97 Å². The Balaban J connectivity index is 2.44. The molecule has 2 aromatic rings. The molecule has 3 heteroatoms. The van der Waals surface area contributed by atoms with Gasteiger partial charge in [0.25, 0.3) is 0 Å². The largest absolute Gasteiger partial charge is 0.342 e. The molecular formula is C11H11ClN2. The van der Waals surface area contributed by atoms with Gasteiger partial charge in [-0.15, -0.1) is 0 Å². The number of nitrogens with one attached hydrogen (secondary N) is 1. The van der Waals surface area contributed by atoms with Crippen molar-refractivity contribution >= 4 is 11.6 Å².